The third kappa shape index (κ3) is 3.46. The van der Waals surface area contributed by atoms with Gasteiger partial charge in [-0.3, -0.25) is 0 Å². The average molecular weight is 395 g/mol. The highest BCUT2D eigenvalue weighted by atomic mass is 15.3. The van der Waals surface area contributed by atoms with Gasteiger partial charge >= 0.3 is 0 Å². The van der Waals surface area contributed by atoms with Gasteiger partial charge in [-0.25, -0.2) is 5.43 Å². The topological polar surface area (TPSA) is 39.3 Å². The maximum atomic E-state index is 3.68. The maximum absolute atomic E-state index is 3.68. The molecule has 1 atom stereocenters. The second kappa shape index (κ2) is 8.09. The number of nitrogens with one attached hydrogen (secondary N) is 3. The van der Waals surface area contributed by atoms with Crippen LogP contribution < -0.4 is 21.1 Å². The quantitative estimate of drug-likeness (QED) is 0.643. The number of fused-ring (bicyclic) bond motifs is 1. The molecule has 2 aromatic rings. The fourth-order valence-corrected chi connectivity index (χ4v) is 4.27. The van der Waals surface area contributed by atoms with Crippen molar-refractivity contribution in [3.63, 3.8) is 0 Å². The second-order valence-corrected chi connectivity index (χ2v) is 7.65. The van der Waals surface area contributed by atoms with E-state index in [4.69, 9.17) is 0 Å². The second-order valence-electron chi connectivity index (χ2n) is 7.65. The molecule has 2 aromatic carbocycles. The van der Waals surface area contributed by atoms with Crippen LogP contribution in [0.2, 0.25) is 0 Å². The van der Waals surface area contributed by atoms with Crippen molar-refractivity contribution in [2.24, 2.45) is 0 Å². The number of para-hydroxylation sites is 1. The van der Waals surface area contributed by atoms with Gasteiger partial charge in [0.05, 0.1) is 11.4 Å². The Balaban J connectivity index is 1.69. The molecule has 3 aliphatic rings. The summed E-state index contributed by atoms with van der Waals surface area (Å²) in [4.78, 5) is 2.37. The molecule has 1 aliphatic carbocycles. The summed E-state index contributed by atoms with van der Waals surface area (Å²) in [7, 11) is 0. The van der Waals surface area contributed by atoms with Crippen LogP contribution in [0.1, 0.15) is 24.5 Å². The molecule has 0 amide bonds. The normalized spacial score (nSPS) is 19.9. The van der Waals surface area contributed by atoms with E-state index in [0.717, 1.165) is 13.0 Å². The predicted molar refractivity (Wildman–Crippen MR) is 127 cm³/mol. The molecule has 5 rings (SSSR count). The minimum absolute atomic E-state index is 0.186. The summed E-state index contributed by atoms with van der Waals surface area (Å²) in [5, 5.41) is 3.68. The Morgan fingerprint density at radius 1 is 0.967 bits per heavy atom. The molecular formula is C26H26N4. The molecule has 0 bridgehead atoms. The van der Waals surface area contributed by atoms with Crippen molar-refractivity contribution in [2.45, 2.75) is 19.5 Å². The van der Waals surface area contributed by atoms with Gasteiger partial charge in [0.25, 0.3) is 0 Å². The summed E-state index contributed by atoms with van der Waals surface area (Å²) in [5.74, 6) is 0. The van der Waals surface area contributed by atoms with Gasteiger partial charge in [0, 0.05) is 18.4 Å². The monoisotopic (exact) mass is 394 g/mol. The van der Waals surface area contributed by atoms with Crippen LogP contribution in [0.5, 0.6) is 0 Å². The number of hydrogen-bond acceptors (Lipinski definition) is 4. The first-order valence-electron chi connectivity index (χ1n) is 10.5. The van der Waals surface area contributed by atoms with Crippen molar-refractivity contribution in [3.8, 4) is 0 Å². The van der Waals surface area contributed by atoms with E-state index in [9.17, 15) is 0 Å². The van der Waals surface area contributed by atoms with Crippen molar-refractivity contribution >= 4 is 28.2 Å². The predicted octanol–water partition coefficient (Wildman–Crippen LogP) is 5.50. The lowest BCUT2D eigenvalue weighted by Crippen LogP contribution is -2.28. The van der Waals surface area contributed by atoms with Crippen LogP contribution in [0, 0.1) is 0 Å². The number of nitrogens with zero attached hydrogens (tertiary/aromatic N) is 1. The minimum Gasteiger partial charge on any atom is -0.363 e. The standard InChI is InChI=1S/C26H26N4/c1-19-29-25-17-23(21-13-15-27-28-16-14-21)24(20-9-5-2-3-6-10-20)18-26(25)30(19)22-11-7-4-8-12-22/h2,4-15,17-19,27-29H,3,16H2,1H3. The Morgan fingerprint density at radius 2 is 1.83 bits per heavy atom. The molecule has 0 saturated carbocycles. The fourth-order valence-electron chi connectivity index (χ4n) is 4.27. The van der Waals surface area contributed by atoms with Crippen molar-refractivity contribution in [1.29, 1.82) is 0 Å². The van der Waals surface area contributed by atoms with Crippen LogP contribution in [0.4, 0.5) is 17.1 Å². The van der Waals surface area contributed by atoms with Gasteiger partial charge in [-0.05, 0) is 66.0 Å². The number of anilines is 3. The SMILES string of the molecule is CC1Nc2cc(C3=CCNNC=C3)c(C3=CC=CCC=C3)cc2N1c1ccccc1. The highest BCUT2D eigenvalue weighted by molar-refractivity contribution is 5.95. The smallest absolute Gasteiger partial charge is 0.101 e. The first-order chi connectivity index (χ1) is 14.8. The lowest BCUT2D eigenvalue weighted by atomic mass is 9.92. The van der Waals surface area contributed by atoms with Crippen LogP contribution in [0.25, 0.3) is 11.1 Å². The van der Waals surface area contributed by atoms with E-state index in [0.29, 0.717) is 0 Å². The molecule has 2 heterocycles. The molecule has 150 valence electrons. The molecule has 0 radical (unpaired) electrons. The molecule has 30 heavy (non-hydrogen) atoms. The van der Waals surface area contributed by atoms with Gasteiger partial charge in [-0.2, -0.15) is 0 Å². The molecule has 0 fully saturated rings. The summed E-state index contributed by atoms with van der Waals surface area (Å²) in [6.45, 7) is 2.98. The molecule has 3 N–H and O–H groups in total. The third-order valence-corrected chi connectivity index (χ3v) is 5.66. The molecule has 2 aliphatic heterocycles. The first kappa shape index (κ1) is 18.5. The lowest BCUT2D eigenvalue weighted by Gasteiger charge is -2.24. The number of benzene rings is 2. The summed E-state index contributed by atoms with van der Waals surface area (Å²) in [6.07, 6.45) is 18.5. The zero-order chi connectivity index (χ0) is 20.3. The number of hydrazine groups is 1. The summed E-state index contributed by atoms with van der Waals surface area (Å²) in [6, 6.07) is 15.2. The Labute approximate surface area is 178 Å². The van der Waals surface area contributed by atoms with Crippen molar-refractivity contribution in [2.75, 3.05) is 16.8 Å². The van der Waals surface area contributed by atoms with Crippen LogP contribution in [-0.2, 0) is 0 Å². The molecule has 0 spiro atoms. The maximum Gasteiger partial charge on any atom is 0.101 e. The number of hydrogen-bond donors (Lipinski definition) is 3. The van der Waals surface area contributed by atoms with E-state index in [1.54, 1.807) is 0 Å². The average Bonchev–Trinajstić information content (AvgIpc) is 3.04. The summed E-state index contributed by atoms with van der Waals surface area (Å²) < 4.78 is 0. The largest absolute Gasteiger partial charge is 0.363 e. The van der Waals surface area contributed by atoms with E-state index in [1.807, 2.05) is 6.20 Å². The van der Waals surface area contributed by atoms with Crippen molar-refractivity contribution in [1.82, 2.24) is 10.9 Å². The number of rotatable bonds is 3. The summed E-state index contributed by atoms with van der Waals surface area (Å²) >= 11 is 0. The Bertz CT molecular complexity index is 1090. The van der Waals surface area contributed by atoms with Crippen molar-refractivity contribution in [3.05, 3.63) is 102 Å². The molecule has 4 nitrogen and oxygen atoms in total. The molecule has 0 aromatic heterocycles. The van der Waals surface area contributed by atoms with E-state index in [-0.39, 0.29) is 6.17 Å². The zero-order valence-electron chi connectivity index (χ0n) is 17.1. The van der Waals surface area contributed by atoms with Gasteiger partial charge in [0.1, 0.15) is 6.17 Å². The highest BCUT2D eigenvalue weighted by Crippen LogP contribution is 2.44. The van der Waals surface area contributed by atoms with Crippen LogP contribution >= 0.6 is 0 Å². The van der Waals surface area contributed by atoms with Gasteiger partial charge < -0.3 is 15.6 Å². The van der Waals surface area contributed by atoms with Gasteiger partial charge in [0.2, 0.25) is 0 Å². The minimum atomic E-state index is 0.186. The lowest BCUT2D eigenvalue weighted by molar-refractivity contribution is 0.687. The number of allylic oxidation sites excluding steroid dienone is 8. The molecule has 1 unspecified atom stereocenters. The van der Waals surface area contributed by atoms with Crippen LogP contribution in [-0.4, -0.2) is 12.7 Å². The molecule has 0 saturated heterocycles. The Kier molecular flexibility index (Phi) is 4.99. The first-order valence-corrected chi connectivity index (χ1v) is 10.5. The highest BCUT2D eigenvalue weighted by Gasteiger charge is 2.28. The third-order valence-electron chi connectivity index (χ3n) is 5.66. The van der Waals surface area contributed by atoms with Gasteiger partial charge in [-0.1, -0.05) is 54.7 Å². The Morgan fingerprint density at radius 3 is 2.73 bits per heavy atom. The van der Waals surface area contributed by atoms with E-state index >= 15 is 0 Å². The summed E-state index contributed by atoms with van der Waals surface area (Å²) in [5.41, 5.74) is 14.8. The van der Waals surface area contributed by atoms with Crippen LogP contribution in [0.15, 0.2) is 91.2 Å². The van der Waals surface area contributed by atoms with E-state index < -0.39 is 0 Å². The van der Waals surface area contributed by atoms with Crippen molar-refractivity contribution < 1.29 is 0 Å². The van der Waals surface area contributed by atoms with E-state index in [1.165, 1.54) is 39.3 Å². The molecular weight excluding hydrogens is 368 g/mol. The molecule has 4 heteroatoms. The fraction of sp³-hybridized carbons (Fsp3) is 0.154. The van der Waals surface area contributed by atoms with Crippen LogP contribution in [0.3, 0.4) is 0 Å². The van der Waals surface area contributed by atoms with E-state index in [2.05, 4.69) is 113 Å². The van der Waals surface area contributed by atoms with Gasteiger partial charge in [0.15, 0.2) is 0 Å². The zero-order valence-corrected chi connectivity index (χ0v) is 17.1. The van der Waals surface area contributed by atoms with Gasteiger partial charge in [-0.15, -0.1) is 0 Å². The Hall–Kier alpha value is -3.50.